The van der Waals surface area contributed by atoms with E-state index in [0.717, 1.165) is 5.56 Å². The van der Waals surface area contributed by atoms with Gasteiger partial charge in [-0.05, 0) is 36.8 Å². The van der Waals surface area contributed by atoms with Crippen molar-refractivity contribution < 1.29 is 18.7 Å². The average molecular weight is 286 g/mol. The molecule has 2 aromatic rings. The predicted octanol–water partition coefficient (Wildman–Crippen LogP) is 3.22. The molecule has 0 unspecified atom stereocenters. The van der Waals surface area contributed by atoms with Gasteiger partial charge in [0.15, 0.2) is 11.6 Å². The van der Waals surface area contributed by atoms with Crippen molar-refractivity contribution >= 4 is 11.6 Å². The Kier molecular flexibility index (Phi) is 4.82. The van der Waals surface area contributed by atoms with Gasteiger partial charge in [-0.15, -0.1) is 0 Å². The quantitative estimate of drug-likeness (QED) is 0.766. The van der Waals surface area contributed by atoms with Gasteiger partial charge in [0, 0.05) is 12.0 Å². The van der Waals surface area contributed by atoms with Gasteiger partial charge in [0.2, 0.25) is 0 Å². The highest BCUT2D eigenvalue weighted by Crippen LogP contribution is 2.14. The smallest absolute Gasteiger partial charge is 0.174 e. The lowest BCUT2D eigenvalue weighted by molar-refractivity contribution is -0.120. The van der Waals surface area contributed by atoms with Crippen LogP contribution in [0.25, 0.3) is 0 Å². The highest BCUT2D eigenvalue weighted by molar-refractivity contribution is 5.94. The zero-order valence-electron chi connectivity index (χ0n) is 11.6. The van der Waals surface area contributed by atoms with Gasteiger partial charge in [0.1, 0.15) is 18.2 Å². The Morgan fingerprint density at radius 1 is 1.10 bits per heavy atom. The maximum absolute atomic E-state index is 12.8. The molecule has 0 aromatic heterocycles. The van der Waals surface area contributed by atoms with E-state index in [4.69, 9.17) is 4.74 Å². The van der Waals surface area contributed by atoms with E-state index in [2.05, 4.69) is 0 Å². The van der Waals surface area contributed by atoms with Crippen molar-refractivity contribution in [3.8, 4) is 5.75 Å². The van der Waals surface area contributed by atoms with Gasteiger partial charge in [-0.3, -0.25) is 9.59 Å². The SMILES string of the molecule is CC(=O)c1cccc(OCC(=O)Cc2ccc(F)cc2)c1. The summed E-state index contributed by atoms with van der Waals surface area (Å²) >= 11 is 0. The summed E-state index contributed by atoms with van der Waals surface area (Å²) in [6.45, 7) is 1.39. The second kappa shape index (κ2) is 6.79. The highest BCUT2D eigenvalue weighted by Gasteiger charge is 2.06. The molecule has 0 aliphatic rings. The number of ether oxygens (including phenoxy) is 1. The third-order valence-corrected chi connectivity index (χ3v) is 2.95. The van der Waals surface area contributed by atoms with Crippen LogP contribution in [0.15, 0.2) is 48.5 Å². The lowest BCUT2D eigenvalue weighted by Crippen LogP contribution is -2.14. The number of hydrogen-bond donors (Lipinski definition) is 0. The van der Waals surface area contributed by atoms with Crippen LogP contribution in [0.2, 0.25) is 0 Å². The topological polar surface area (TPSA) is 43.4 Å². The monoisotopic (exact) mass is 286 g/mol. The summed E-state index contributed by atoms with van der Waals surface area (Å²) in [6, 6.07) is 12.5. The largest absolute Gasteiger partial charge is 0.486 e. The molecule has 0 saturated carbocycles. The van der Waals surface area contributed by atoms with Crippen LogP contribution in [0.4, 0.5) is 4.39 Å². The summed E-state index contributed by atoms with van der Waals surface area (Å²) in [5.41, 5.74) is 1.28. The second-order valence-corrected chi connectivity index (χ2v) is 4.71. The first-order valence-electron chi connectivity index (χ1n) is 6.54. The van der Waals surface area contributed by atoms with E-state index < -0.39 is 0 Å². The number of halogens is 1. The van der Waals surface area contributed by atoms with Crippen LogP contribution in [0.5, 0.6) is 5.75 Å². The fourth-order valence-electron chi connectivity index (χ4n) is 1.85. The molecule has 0 aliphatic carbocycles. The summed E-state index contributed by atoms with van der Waals surface area (Å²) in [6.07, 6.45) is 0.187. The molecule has 0 fully saturated rings. The molecule has 2 rings (SSSR count). The van der Waals surface area contributed by atoms with Gasteiger partial charge in [-0.25, -0.2) is 4.39 Å². The maximum Gasteiger partial charge on any atom is 0.174 e. The first kappa shape index (κ1) is 14.9. The minimum absolute atomic E-state index is 0.0573. The Balaban J connectivity index is 1.90. The van der Waals surface area contributed by atoms with Crippen LogP contribution in [0.3, 0.4) is 0 Å². The zero-order chi connectivity index (χ0) is 15.2. The first-order valence-corrected chi connectivity index (χ1v) is 6.54. The minimum Gasteiger partial charge on any atom is -0.486 e. The standard InChI is InChI=1S/C17H15FO3/c1-12(19)14-3-2-4-17(10-14)21-11-16(20)9-13-5-7-15(18)8-6-13/h2-8,10H,9,11H2,1H3. The molecule has 0 bridgehead atoms. The number of carbonyl (C=O) groups is 2. The minimum atomic E-state index is -0.330. The lowest BCUT2D eigenvalue weighted by Gasteiger charge is -2.06. The number of rotatable bonds is 6. The first-order chi connectivity index (χ1) is 10.0. The van der Waals surface area contributed by atoms with Gasteiger partial charge >= 0.3 is 0 Å². The van der Waals surface area contributed by atoms with Gasteiger partial charge in [0.05, 0.1) is 0 Å². The fourth-order valence-corrected chi connectivity index (χ4v) is 1.85. The van der Waals surface area contributed by atoms with E-state index in [9.17, 15) is 14.0 Å². The molecule has 4 heteroatoms. The molecule has 0 spiro atoms. The number of hydrogen-bond acceptors (Lipinski definition) is 3. The maximum atomic E-state index is 12.8. The number of ketones is 2. The Hall–Kier alpha value is -2.49. The van der Waals surface area contributed by atoms with E-state index in [1.807, 2.05) is 0 Å². The third kappa shape index (κ3) is 4.53. The van der Waals surface area contributed by atoms with Gasteiger partial charge < -0.3 is 4.74 Å². The molecule has 3 nitrogen and oxygen atoms in total. The third-order valence-electron chi connectivity index (χ3n) is 2.95. The van der Waals surface area contributed by atoms with Gasteiger partial charge in [-0.1, -0.05) is 24.3 Å². The zero-order valence-corrected chi connectivity index (χ0v) is 11.6. The number of benzene rings is 2. The van der Waals surface area contributed by atoms with Crippen molar-refractivity contribution in [2.24, 2.45) is 0 Å². The van der Waals surface area contributed by atoms with E-state index >= 15 is 0 Å². The van der Waals surface area contributed by atoms with Gasteiger partial charge in [0.25, 0.3) is 0 Å². The molecule has 0 heterocycles. The highest BCUT2D eigenvalue weighted by atomic mass is 19.1. The normalized spacial score (nSPS) is 10.2. The van der Waals surface area contributed by atoms with Crippen LogP contribution >= 0.6 is 0 Å². The van der Waals surface area contributed by atoms with Crippen molar-refractivity contribution in [3.63, 3.8) is 0 Å². The molecular weight excluding hydrogens is 271 g/mol. The van der Waals surface area contributed by atoms with Crippen molar-refractivity contribution in [2.75, 3.05) is 6.61 Å². The van der Waals surface area contributed by atoms with Crippen LogP contribution in [0, 0.1) is 5.82 Å². The van der Waals surface area contributed by atoms with E-state index in [1.165, 1.54) is 19.1 Å². The van der Waals surface area contributed by atoms with Crippen molar-refractivity contribution in [1.82, 2.24) is 0 Å². The molecule has 2 aromatic carbocycles. The molecule has 108 valence electrons. The number of Topliss-reactive ketones (excluding diaryl/α,β-unsaturated/α-hetero) is 2. The second-order valence-electron chi connectivity index (χ2n) is 4.71. The Morgan fingerprint density at radius 2 is 1.81 bits per heavy atom. The Bertz CT molecular complexity index is 647. The summed E-state index contributed by atoms with van der Waals surface area (Å²) < 4.78 is 18.1. The van der Waals surface area contributed by atoms with Crippen LogP contribution in [-0.4, -0.2) is 18.2 Å². The van der Waals surface area contributed by atoms with Gasteiger partial charge in [-0.2, -0.15) is 0 Å². The molecule has 0 saturated heterocycles. The summed E-state index contributed by atoms with van der Waals surface area (Å²) in [4.78, 5) is 23.1. The van der Waals surface area contributed by atoms with E-state index in [-0.39, 0.29) is 30.4 Å². The summed E-state index contributed by atoms with van der Waals surface area (Å²) in [7, 11) is 0. The molecule has 0 aliphatic heterocycles. The van der Waals surface area contributed by atoms with Crippen LogP contribution in [-0.2, 0) is 11.2 Å². The number of carbonyl (C=O) groups excluding carboxylic acids is 2. The van der Waals surface area contributed by atoms with E-state index in [1.54, 1.807) is 36.4 Å². The van der Waals surface area contributed by atoms with Crippen LogP contribution < -0.4 is 4.74 Å². The molecule has 0 N–H and O–H groups in total. The molecule has 0 atom stereocenters. The summed E-state index contributed by atoms with van der Waals surface area (Å²) in [5.74, 6) is -0.0217. The van der Waals surface area contributed by atoms with Crippen molar-refractivity contribution in [1.29, 1.82) is 0 Å². The summed E-state index contributed by atoms with van der Waals surface area (Å²) in [5, 5.41) is 0. The average Bonchev–Trinajstić information content (AvgIpc) is 2.48. The van der Waals surface area contributed by atoms with Crippen molar-refractivity contribution in [2.45, 2.75) is 13.3 Å². The Morgan fingerprint density at radius 3 is 2.48 bits per heavy atom. The predicted molar refractivity (Wildman–Crippen MR) is 77.1 cm³/mol. The molecule has 0 amide bonds. The van der Waals surface area contributed by atoms with E-state index in [0.29, 0.717) is 11.3 Å². The Labute approximate surface area is 122 Å². The van der Waals surface area contributed by atoms with Crippen molar-refractivity contribution in [3.05, 3.63) is 65.5 Å². The molecule has 21 heavy (non-hydrogen) atoms. The fraction of sp³-hybridized carbons (Fsp3) is 0.176. The molecule has 0 radical (unpaired) electrons. The lowest BCUT2D eigenvalue weighted by atomic mass is 10.1. The molecular formula is C17H15FO3. The van der Waals surface area contributed by atoms with Crippen LogP contribution in [0.1, 0.15) is 22.8 Å².